The van der Waals surface area contributed by atoms with Gasteiger partial charge in [0.2, 0.25) is 0 Å². The Hall–Kier alpha value is -1.22. The number of aliphatic hydroxyl groups excluding tert-OH is 1. The van der Waals surface area contributed by atoms with Crippen molar-refractivity contribution in [2.24, 2.45) is 5.92 Å². The van der Waals surface area contributed by atoms with Crippen LogP contribution in [0.2, 0.25) is 0 Å². The van der Waals surface area contributed by atoms with Crippen LogP contribution in [-0.4, -0.2) is 18.3 Å². The highest BCUT2D eigenvalue weighted by Crippen LogP contribution is 2.40. The third-order valence-electron chi connectivity index (χ3n) is 4.68. The zero-order chi connectivity index (χ0) is 13.9. The van der Waals surface area contributed by atoms with E-state index < -0.39 is 6.10 Å². The van der Waals surface area contributed by atoms with Crippen LogP contribution in [-0.2, 0) is 0 Å². The molecule has 1 aliphatic heterocycles. The Kier molecular flexibility index (Phi) is 4.16. The van der Waals surface area contributed by atoms with Crippen LogP contribution in [0.4, 0.5) is 0 Å². The quantitative estimate of drug-likeness (QED) is 0.911. The highest BCUT2D eigenvalue weighted by Gasteiger charge is 2.29. The molecular formula is C17H24O3. The fourth-order valence-electron chi connectivity index (χ4n) is 3.56. The van der Waals surface area contributed by atoms with Gasteiger partial charge in [0.15, 0.2) is 0 Å². The zero-order valence-corrected chi connectivity index (χ0v) is 12.2. The van der Waals surface area contributed by atoms with Crippen LogP contribution in [0.3, 0.4) is 0 Å². The lowest BCUT2D eigenvalue weighted by Gasteiger charge is -2.33. The Bertz CT molecular complexity index is 452. The summed E-state index contributed by atoms with van der Waals surface area (Å²) in [6, 6.07) is 5.69. The molecule has 0 spiro atoms. The molecule has 1 saturated carbocycles. The van der Waals surface area contributed by atoms with Crippen molar-refractivity contribution >= 4 is 0 Å². The van der Waals surface area contributed by atoms with Gasteiger partial charge < -0.3 is 14.6 Å². The average molecular weight is 276 g/mol. The van der Waals surface area contributed by atoms with Crippen LogP contribution in [0.1, 0.15) is 56.6 Å². The lowest BCUT2D eigenvalue weighted by molar-refractivity contribution is 0.0492. The molecule has 0 bridgehead atoms. The first-order valence-electron chi connectivity index (χ1n) is 7.79. The van der Waals surface area contributed by atoms with Crippen molar-refractivity contribution in [3.05, 3.63) is 23.8 Å². The minimum absolute atomic E-state index is 0.146. The number of fused-ring (bicyclic) bond motifs is 1. The van der Waals surface area contributed by atoms with Gasteiger partial charge in [0.1, 0.15) is 17.6 Å². The van der Waals surface area contributed by atoms with Gasteiger partial charge in [0.05, 0.1) is 13.2 Å². The summed E-state index contributed by atoms with van der Waals surface area (Å²) < 4.78 is 11.3. The van der Waals surface area contributed by atoms with Crippen LogP contribution in [0, 0.1) is 5.92 Å². The number of hydrogen-bond donors (Lipinski definition) is 1. The van der Waals surface area contributed by atoms with Gasteiger partial charge in [-0.05, 0) is 24.5 Å². The Morgan fingerprint density at radius 3 is 2.80 bits per heavy atom. The van der Waals surface area contributed by atoms with Crippen molar-refractivity contribution in [2.75, 3.05) is 7.11 Å². The normalized spacial score (nSPS) is 26.7. The number of ether oxygens (including phenoxy) is 2. The summed E-state index contributed by atoms with van der Waals surface area (Å²) in [6.07, 6.45) is 8.26. The molecule has 0 radical (unpaired) electrons. The maximum absolute atomic E-state index is 10.3. The second-order valence-corrected chi connectivity index (χ2v) is 6.13. The standard InChI is InChI=1S/C17H24O3/c1-19-13-7-8-15-16(18)10-14(20-17(15)11-13)9-12-5-3-2-4-6-12/h7-8,11-12,14,16,18H,2-6,9-10H2,1H3. The zero-order valence-electron chi connectivity index (χ0n) is 12.2. The monoisotopic (exact) mass is 276 g/mol. The molecule has 1 N–H and O–H groups in total. The van der Waals surface area contributed by atoms with E-state index in [-0.39, 0.29) is 6.10 Å². The molecule has 2 atom stereocenters. The molecule has 3 heteroatoms. The SMILES string of the molecule is COc1ccc2c(c1)OC(CC1CCCCC1)CC2O. The summed E-state index contributed by atoms with van der Waals surface area (Å²) in [4.78, 5) is 0. The predicted octanol–water partition coefficient (Wildman–Crippen LogP) is 3.85. The minimum Gasteiger partial charge on any atom is -0.497 e. The Balaban J connectivity index is 1.70. The van der Waals surface area contributed by atoms with Gasteiger partial charge in [-0.3, -0.25) is 0 Å². The summed E-state index contributed by atoms with van der Waals surface area (Å²) in [6.45, 7) is 0. The van der Waals surface area contributed by atoms with Crippen LogP contribution in [0.5, 0.6) is 11.5 Å². The second-order valence-electron chi connectivity index (χ2n) is 6.13. The van der Waals surface area contributed by atoms with Crippen LogP contribution >= 0.6 is 0 Å². The molecule has 1 aromatic rings. The fourth-order valence-corrected chi connectivity index (χ4v) is 3.56. The summed E-state index contributed by atoms with van der Waals surface area (Å²) in [7, 11) is 1.65. The van der Waals surface area contributed by atoms with Crippen molar-refractivity contribution in [2.45, 2.75) is 57.2 Å². The summed E-state index contributed by atoms with van der Waals surface area (Å²) in [5, 5.41) is 10.3. The molecule has 1 heterocycles. The minimum atomic E-state index is -0.404. The fraction of sp³-hybridized carbons (Fsp3) is 0.647. The lowest BCUT2D eigenvalue weighted by atomic mass is 9.83. The van der Waals surface area contributed by atoms with Gasteiger partial charge in [-0.1, -0.05) is 32.1 Å². The maximum Gasteiger partial charge on any atom is 0.129 e. The topological polar surface area (TPSA) is 38.7 Å². The molecule has 0 aromatic heterocycles. The molecule has 110 valence electrons. The first-order valence-corrected chi connectivity index (χ1v) is 7.79. The Labute approximate surface area is 120 Å². The highest BCUT2D eigenvalue weighted by atomic mass is 16.5. The number of aliphatic hydroxyl groups is 1. The molecule has 1 aromatic carbocycles. The molecule has 3 rings (SSSR count). The van der Waals surface area contributed by atoms with Gasteiger partial charge in [-0.2, -0.15) is 0 Å². The maximum atomic E-state index is 10.3. The van der Waals surface area contributed by atoms with E-state index in [1.807, 2.05) is 18.2 Å². The van der Waals surface area contributed by atoms with E-state index in [1.54, 1.807) is 7.11 Å². The number of hydrogen-bond acceptors (Lipinski definition) is 3. The summed E-state index contributed by atoms with van der Waals surface area (Å²) >= 11 is 0. The number of rotatable bonds is 3. The first-order chi connectivity index (χ1) is 9.76. The van der Waals surface area contributed by atoms with Crippen LogP contribution in [0.15, 0.2) is 18.2 Å². The smallest absolute Gasteiger partial charge is 0.129 e. The van der Waals surface area contributed by atoms with E-state index in [4.69, 9.17) is 9.47 Å². The van der Waals surface area contributed by atoms with Gasteiger partial charge in [0, 0.05) is 18.1 Å². The molecule has 1 fully saturated rings. The average Bonchev–Trinajstić information content (AvgIpc) is 2.47. The van der Waals surface area contributed by atoms with E-state index in [1.165, 1.54) is 32.1 Å². The predicted molar refractivity (Wildman–Crippen MR) is 78.2 cm³/mol. The van der Waals surface area contributed by atoms with Crippen molar-refractivity contribution in [1.82, 2.24) is 0 Å². The molecule has 0 amide bonds. The van der Waals surface area contributed by atoms with E-state index in [0.717, 1.165) is 35.8 Å². The summed E-state index contributed by atoms with van der Waals surface area (Å²) in [5.74, 6) is 2.35. The third-order valence-corrected chi connectivity index (χ3v) is 4.68. The number of methoxy groups -OCH3 is 1. The Morgan fingerprint density at radius 1 is 1.25 bits per heavy atom. The van der Waals surface area contributed by atoms with E-state index >= 15 is 0 Å². The highest BCUT2D eigenvalue weighted by molar-refractivity contribution is 5.43. The summed E-state index contributed by atoms with van der Waals surface area (Å²) in [5.41, 5.74) is 0.894. The molecular weight excluding hydrogens is 252 g/mol. The second kappa shape index (κ2) is 6.04. The van der Waals surface area contributed by atoms with E-state index in [2.05, 4.69) is 0 Å². The van der Waals surface area contributed by atoms with E-state index in [0.29, 0.717) is 0 Å². The largest absolute Gasteiger partial charge is 0.497 e. The van der Waals surface area contributed by atoms with Crippen molar-refractivity contribution in [3.63, 3.8) is 0 Å². The molecule has 3 nitrogen and oxygen atoms in total. The molecule has 2 aliphatic rings. The van der Waals surface area contributed by atoms with Gasteiger partial charge >= 0.3 is 0 Å². The van der Waals surface area contributed by atoms with Crippen LogP contribution < -0.4 is 9.47 Å². The Morgan fingerprint density at radius 2 is 2.05 bits per heavy atom. The van der Waals surface area contributed by atoms with Crippen molar-refractivity contribution in [3.8, 4) is 11.5 Å². The molecule has 1 aliphatic carbocycles. The van der Waals surface area contributed by atoms with E-state index in [9.17, 15) is 5.11 Å². The van der Waals surface area contributed by atoms with Gasteiger partial charge in [-0.25, -0.2) is 0 Å². The molecule has 2 unspecified atom stereocenters. The van der Waals surface area contributed by atoms with Crippen molar-refractivity contribution < 1.29 is 14.6 Å². The lowest BCUT2D eigenvalue weighted by Crippen LogP contribution is -2.28. The number of benzene rings is 1. The van der Waals surface area contributed by atoms with Gasteiger partial charge in [-0.15, -0.1) is 0 Å². The molecule has 0 saturated heterocycles. The van der Waals surface area contributed by atoms with Crippen molar-refractivity contribution in [1.29, 1.82) is 0 Å². The van der Waals surface area contributed by atoms with Crippen LogP contribution in [0.25, 0.3) is 0 Å². The molecule has 20 heavy (non-hydrogen) atoms. The third kappa shape index (κ3) is 2.93. The van der Waals surface area contributed by atoms with Gasteiger partial charge in [0.25, 0.3) is 0 Å². The first kappa shape index (κ1) is 13.7.